The van der Waals surface area contributed by atoms with Gasteiger partial charge in [0.1, 0.15) is 29.3 Å². The van der Waals surface area contributed by atoms with E-state index in [1.54, 1.807) is 19.2 Å². The Balaban J connectivity index is 1.08. The fraction of sp³-hybridized carbons (Fsp3) is 0.452. The van der Waals surface area contributed by atoms with E-state index in [2.05, 4.69) is 30.1 Å². The second kappa shape index (κ2) is 15.7. The van der Waals surface area contributed by atoms with Crippen molar-refractivity contribution in [1.82, 2.24) is 34.7 Å². The number of nitrogen functional groups attached to an aromatic ring is 1. The molecule has 0 spiro atoms. The van der Waals surface area contributed by atoms with Crippen LogP contribution < -0.4 is 16.0 Å². The van der Waals surface area contributed by atoms with E-state index in [0.717, 1.165) is 32.7 Å². The van der Waals surface area contributed by atoms with Crippen molar-refractivity contribution in [2.45, 2.75) is 13.3 Å². The summed E-state index contributed by atoms with van der Waals surface area (Å²) in [6, 6.07) is 10.7. The lowest BCUT2D eigenvalue weighted by molar-refractivity contribution is -0.121. The maximum atomic E-state index is 15.5. The van der Waals surface area contributed by atoms with Gasteiger partial charge in [-0.15, -0.1) is 0 Å². The third kappa shape index (κ3) is 8.48. The number of aromatic nitrogens is 5. The van der Waals surface area contributed by atoms with Gasteiger partial charge in [-0.3, -0.25) is 14.3 Å². The van der Waals surface area contributed by atoms with Gasteiger partial charge < -0.3 is 30.2 Å². The number of amides is 1. The Kier molecular flexibility index (Phi) is 11.2. The molecule has 5 rings (SSSR count). The normalized spacial score (nSPS) is 13.9. The minimum absolute atomic E-state index is 0.0393. The minimum atomic E-state index is -0.290. The van der Waals surface area contributed by atoms with Crippen molar-refractivity contribution in [3.63, 3.8) is 0 Å². The largest absolute Gasteiger partial charge is 0.384 e. The number of pyridine rings is 1. The van der Waals surface area contributed by atoms with Crippen LogP contribution in [-0.2, 0) is 19.0 Å². The monoisotopic (exact) mass is 621 g/mol. The first-order chi connectivity index (χ1) is 21.9. The Morgan fingerprint density at radius 1 is 0.911 bits per heavy atom. The molecule has 1 saturated heterocycles. The number of hydrogen-bond acceptors (Lipinski definition) is 11. The number of anilines is 2. The second-order valence-corrected chi connectivity index (χ2v) is 10.6. The zero-order valence-corrected chi connectivity index (χ0v) is 25.7. The molecule has 240 valence electrons. The summed E-state index contributed by atoms with van der Waals surface area (Å²) in [7, 11) is 1.60. The number of aryl methyl sites for hydroxylation is 1. The number of ether oxygens (including phenoxy) is 3. The van der Waals surface area contributed by atoms with Gasteiger partial charge in [-0.2, -0.15) is 0 Å². The number of nitrogens with zero attached hydrogens (tertiary/aromatic N) is 7. The fourth-order valence-corrected chi connectivity index (χ4v) is 5.16. The molecular formula is C31H40FN9O4. The second-order valence-electron chi connectivity index (χ2n) is 10.6. The summed E-state index contributed by atoms with van der Waals surface area (Å²) in [5.74, 6) is 0.731. The summed E-state index contributed by atoms with van der Waals surface area (Å²) in [6.45, 7) is 8.66. The highest BCUT2D eigenvalue weighted by Crippen LogP contribution is 2.28. The van der Waals surface area contributed by atoms with Crippen LogP contribution in [0.3, 0.4) is 0 Å². The van der Waals surface area contributed by atoms with Crippen LogP contribution in [0.5, 0.6) is 0 Å². The van der Waals surface area contributed by atoms with Gasteiger partial charge in [-0.05, 0) is 31.2 Å². The lowest BCUT2D eigenvalue weighted by atomic mass is 10.2. The number of hydrogen-bond donors (Lipinski definition) is 2. The lowest BCUT2D eigenvalue weighted by Gasteiger charge is -2.36. The molecule has 4 heterocycles. The number of carbonyl (C=O) groups excluding carboxylic acids is 1. The Labute approximate surface area is 261 Å². The van der Waals surface area contributed by atoms with Crippen LogP contribution >= 0.6 is 0 Å². The van der Waals surface area contributed by atoms with Crippen LogP contribution in [0.25, 0.3) is 28.2 Å². The molecule has 0 radical (unpaired) electrons. The Hall–Kier alpha value is -4.24. The van der Waals surface area contributed by atoms with Gasteiger partial charge in [0.2, 0.25) is 5.91 Å². The number of fused-ring (bicyclic) bond motifs is 1. The first-order valence-corrected chi connectivity index (χ1v) is 15.1. The molecule has 1 amide bonds. The summed E-state index contributed by atoms with van der Waals surface area (Å²) < 4.78 is 33.9. The molecule has 45 heavy (non-hydrogen) atoms. The average molecular weight is 622 g/mol. The molecular weight excluding hydrogens is 581 g/mol. The molecule has 3 aromatic heterocycles. The van der Waals surface area contributed by atoms with Crippen molar-refractivity contribution in [1.29, 1.82) is 0 Å². The zero-order chi connectivity index (χ0) is 31.6. The highest BCUT2D eigenvalue weighted by molar-refractivity contribution is 5.78. The van der Waals surface area contributed by atoms with Crippen LogP contribution in [0.4, 0.5) is 15.9 Å². The summed E-state index contributed by atoms with van der Waals surface area (Å²) in [6.07, 6.45) is 1.75. The number of benzene rings is 1. The van der Waals surface area contributed by atoms with Crippen molar-refractivity contribution in [3.8, 4) is 17.1 Å². The van der Waals surface area contributed by atoms with Gasteiger partial charge in [0.15, 0.2) is 5.65 Å². The number of nitrogens with two attached hydrogens (primary N) is 1. The van der Waals surface area contributed by atoms with E-state index < -0.39 is 0 Å². The predicted octanol–water partition coefficient (Wildman–Crippen LogP) is 2.22. The minimum Gasteiger partial charge on any atom is -0.384 e. The molecule has 0 bridgehead atoms. The van der Waals surface area contributed by atoms with Gasteiger partial charge in [-0.1, -0.05) is 0 Å². The van der Waals surface area contributed by atoms with Crippen LogP contribution in [0.2, 0.25) is 0 Å². The molecule has 1 fully saturated rings. The molecule has 1 aliphatic rings. The lowest BCUT2D eigenvalue weighted by Crippen LogP contribution is -2.47. The van der Waals surface area contributed by atoms with Crippen LogP contribution in [0.1, 0.15) is 12.2 Å². The van der Waals surface area contributed by atoms with Crippen molar-refractivity contribution in [2.75, 3.05) is 90.0 Å². The van der Waals surface area contributed by atoms with Crippen molar-refractivity contribution < 1.29 is 23.4 Å². The van der Waals surface area contributed by atoms with Gasteiger partial charge >= 0.3 is 0 Å². The molecule has 13 nitrogen and oxygen atoms in total. The van der Waals surface area contributed by atoms with E-state index in [4.69, 9.17) is 24.9 Å². The first kappa shape index (κ1) is 32.2. The first-order valence-electron chi connectivity index (χ1n) is 15.1. The molecule has 0 saturated carbocycles. The van der Waals surface area contributed by atoms with E-state index in [-0.39, 0.29) is 11.7 Å². The topological polar surface area (TPSA) is 146 Å². The van der Waals surface area contributed by atoms with E-state index in [1.165, 1.54) is 6.33 Å². The summed E-state index contributed by atoms with van der Waals surface area (Å²) in [5.41, 5.74) is 9.61. The summed E-state index contributed by atoms with van der Waals surface area (Å²) in [5, 5.41) is 2.55. The highest BCUT2D eigenvalue weighted by atomic mass is 19.1. The van der Waals surface area contributed by atoms with Gasteiger partial charge in [0, 0.05) is 58.3 Å². The maximum Gasteiger partial charge on any atom is 0.222 e. The fourth-order valence-electron chi connectivity index (χ4n) is 5.16. The van der Waals surface area contributed by atoms with E-state index in [0.29, 0.717) is 91.6 Å². The summed E-state index contributed by atoms with van der Waals surface area (Å²) in [4.78, 5) is 33.2. The zero-order valence-electron chi connectivity index (χ0n) is 25.7. The molecule has 0 unspecified atom stereocenters. The molecule has 1 aromatic carbocycles. The van der Waals surface area contributed by atoms with E-state index in [9.17, 15) is 4.79 Å². The Morgan fingerprint density at radius 3 is 2.36 bits per heavy atom. The van der Waals surface area contributed by atoms with Gasteiger partial charge in [-0.25, -0.2) is 24.3 Å². The number of imidazole rings is 1. The van der Waals surface area contributed by atoms with E-state index in [1.807, 2.05) is 35.8 Å². The molecule has 14 heteroatoms. The quantitative estimate of drug-likeness (QED) is 0.189. The number of piperazine rings is 1. The van der Waals surface area contributed by atoms with Gasteiger partial charge in [0.25, 0.3) is 0 Å². The number of halogens is 1. The Bertz CT molecular complexity index is 1580. The van der Waals surface area contributed by atoms with Crippen molar-refractivity contribution in [3.05, 3.63) is 54.4 Å². The summed E-state index contributed by atoms with van der Waals surface area (Å²) >= 11 is 0. The third-order valence-corrected chi connectivity index (χ3v) is 7.57. The van der Waals surface area contributed by atoms with Gasteiger partial charge in [0.05, 0.1) is 62.4 Å². The molecule has 4 aromatic rings. The van der Waals surface area contributed by atoms with Crippen molar-refractivity contribution in [2.24, 2.45) is 0 Å². The smallest absolute Gasteiger partial charge is 0.222 e. The highest BCUT2D eigenvalue weighted by Gasteiger charge is 2.21. The number of carbonyl (C=O) groups is 1. The average Bonchev–Trinajstić information content (AvgIpc) is 3.38. The Morgan fingerprint density at radius 2 is 1.64 bits per heavy atom. The molecule has 0 aliphatic carbocycles. The molecule has 3 N–H and O–H groups in total. The van der Waals surface area contributed by atoms with Crippen LogP contribution in [-0.4, -0.2) is 115 Å². The van der Waals surface area contributed by atoms with Crippen LogP contribution in [0, 0.1) is 12.7 Å². The van der Waals surface area contributed by atoms with Crippen LogP contribution in [0.15, 0.2) is 42.7 Å². The SMILES string of the molecule is CNC(=O)CCOCCOCCOCCN1CCN(c2ccc(-n3c(C)nc4ccc(-c5cc(N)ncn5)nc43)cc2F)CC1. The van der Waals surface area contributed by atoms with Crippen molar-refractivity contribution >= 4 is 28.6 Å². The third-order valence-electron chi connectivity index (χ3n) is 7.57. The number of nitrogens with one attached hydrogen (secondary N) is 1. The molecule has 1 aliphatic heterocycles. The van der Waals surface area contributed by atoms with E-state index >= 15 is 4.39 Å². The number of rotatable bonds is 15. The maximum absolute atomic E-state index is 15.5. The molecule has 0 atom stereocenters. The standard InChI is InChI=1S/C31H40FN9O4/c1-22-37-26-5-4-25(27-20-29(33)36-21-35-27)38-31(26)41(22)23-3-6-28(24(32)19-23)40-10-8-39(9-11-40)12-14-44-16-18-45-17-15-43-13-7-30(42)34-2/h3-6,19-21H,7-18H2,1-2H3,(H,34,42)(H2,33,35,36). The predicted molar refractivity (Wildman–Crippen MR) is 169 cm³/mol.